The van der Waals surface area contributed by atoms with Crippen LogP contribution in [0.4, 0.5) is 34.1 Å². The summed E-state index contributed by atoms with van der Waals surface area (Å²) in [4.78, 5) is 52.1. The summed E-state index contributed by atoms with van der Waals surface area (Å²) in [5, 5.41) is 23.8. The Balaban J connectivity index is 0.778. The molecule has 0 aromatic heterocycles. The number of carbonyl (C=O) groups excluding carboxylic acids is 4. The monoisotopic (exact) mass is 816 g/mol. The second-order valence-electron chi connectivity index (χ2n) is 15.2. The SMILES string of the molecule is COc1ccc(Nc2ccc(NN=C3C(=O)OC4(CCC(C5CCC6(CC5)OC(=O)C(=NNc5ccc(Nc7ccc(CO)cc7)cc5)C(=O)O6)CC4)OC3=O)cc2)cc1. The van der Waals surface area contributed by atoms with Gasteiger partial charge in [-0.3, -0.25) is 10.9 Å². The van der Waals surface area contributed by atoms with Crippen molar-refractivity contribution in [2.75, 3.05) is 28.6 Å². The van der Waals surface area contributed by atoms with E-state index in [-0.39, 0.29) is 18.4 Å². The second-order valence-corrected chi connectivity index (χ2v) is 15.2. The van der Waals surface area contributed by atoms with Crippen LogP contribution in [-0.4, -0.2) is 59.1 Å². The number of methoxy groups -OCH3 is 1. The molecule has 0 radical (unpaired) electrons. The van der Waals surface area contributed by atoms with Gasteiger partial charge in [0.25, 0.3) is 23.0 Å². The van der Waals surface area contributed by atoms with E-state index >= 15 is 0 Å². The van der Waals surface area contributed by atoms with Gasteiger partial charge in [-0.05, 0) is 128 Å². The quantitative estimate of drug-likeness (QED) is 0.0773. The summed E-state index contributed by atoms with van der Waals surface area (Å²) in [6, 6.07) is 29.1. The molecule has 0 unspecified atom stereocenters. The molecule has 60 heavy (non-hydrogen) atoms. The number of hydrazone groups is 2. The number of aliphatic hydroxyl groups is 1. The summed E-state index contributed by atoms with van der Waals surface area (Å²) in [5.74, 6) is -4.85. The molecule has 4 aliphatic rings. The lowest BCUT2D eigenvalue weighted by molar-refractivity contribution is -0.248. The van der Waals surface area contributed by atoms with E-state index in [0.29, 0.717) is 62.7 Å². The van der Waals surface area contributed by atoms with E-state index in [1.54, 1.807) is 31.4 Å². The summed E-state index contributed by atoms with van der Waals surface area (Å²) in [6.45, 7) is -0.0278. The van der Waals surface area contributed by atoms with Crippen LogP contribution in [0.25, 0.3) is 0 Å². The molecule has 2 aliphatic heterocycles. The van der Waals surface area contributed by atoms with Crippen molar-refractivity contribution < 1.29 is 48.0 Å². The summed E-state index contributed by atoms with van der Waals surface area (Å²) in [7, 11) is 1.61. The summed E-state index contributed by atoms with van der Waals surface area (Å²) in [5.41, 5.74) is 9.80. The molecule has 2 saturated heterocycles. The number of carbonyl (C=O) groups is 4. The molecule has 16 nitrogen and oxygen atoms in total. The number of aliphatic hydroxyl groups excluding tert-OH is 1. The van der Waals surface area contributed by atoms with Crippen LogP contribution in [0, 0.1) is 11.8 Å². The first-order chi connectivity index (χ1) is 29.1. The maximum atomic E-state index is 13.0. The zero-order valence-corrected chi connectivity index (χ0v) is 32.8. The molecule has 2 saturated carbocycles. The average molecular weight is 817 g/mol. The highest BCUT2D eigenvalue weighted by atomic mass is 16.8. The van der Waals surface area contributed by atoms with Crippen molar-refractivity contribution in [1.82, 2.24) is 0 Å². The molecule has 8 rings (SSSR count). The van der Waals surface area contributed by atoms with Gasteiger partial charge in [-0.15, -0.1) is 0 Å². The van der Waals surface area contributed by atoms with Gasteiger partial charge in [0.05, 0.1) is 25.1 Å². The highest BCUT2D eigenvalue weighted by Gasteiger charge is 2.53. The van der Waals surface area contributed by atoms with E-state index in [4.69, 9.17) is 23.7 Å². The average Bonchev–Trinajstić information content (AvgIpc) is 3.25. The van der Waals surface area contributed by atoms with E-state index < -0.39 is 46.9 Å². The maximum absolute atomic E-state index is 13.0. The minimum absolute atomic E-state index is 0.0278. The summed E-state index contributed by atoms with van der Waals surface area (Å²) < 4.78 is 28.1. The van der Waals surface area contributed by atoms with Crippen LogP contribution in [0.1, 0.15) is 56.9 Å². The Kier molecular flexibility index (Phi) is 11.4. The van der Waals surface area contributed by atoms with E-state index in [0.717, 1.165) is 34.1 Å². The van der Waals surface area contributed by atoms with Crippen molar-refractivity contribution in [1.29, 1.82) is 0 Å². The molecular formula is C44H44N6O10. The van der Waals surface area contributed by atoms with E-state index in [1.807, 2.05) is 72.8 Å². The molecule has 4 aromatic carbocycles. The molecule has 16 heteroatoms. The fourth-order valence-corrected chi connectivity index (χ4v) is 7.97. The maximum Gasteiger partial charge on any atom is 0.369 e. The zero-order valence-electron chi connectivity index (χ0n) is 32.8. The highest BCUT2D eigenvalue weighted by Crippen LogP contribution is 2.47. The zero-order chi connectivity index (χ0) is 41.7. The Hall–Kier alpha value is -6.94. The predicted molar refractivity (Wildman–Crippen MR) is 221 cm³/mol. The fourth-order valence-electron chi connectivity index (χ4n) is 7.97. The van der Waals surface area contributed by atoms with Gasteiger partial charge in [0.2, 0.25) is 0 Å². The molecule has 5 N–H and O–H groups in total. The number of hydrogen-bond donors (Lipinski definition) is 5. The van der Waals surface area contributed by atoms with Crippen LogP contribution >= 0.6 is 0 Å². The number of rotatable bonds is 11. The molecular weight excluding hydrogens is 773 g/mol. The Morgan fingerprint density at radius 3 is 1.18 bits per heavy atom. The normalized spacial score (nSPS) is 23.8. The molecule has 310 valence electrons. The molecule has 0 amide bonds. The summed E-state index contributed by atoms with van der Waals surface area (Å²) in [6.07, 6.45) is 3.96. The fraction of sp³-hybridized carbons (Fsp3) is 0.318. The molecule has 0 bridgehead atoms. The first kappa shape index (κ1) is 39.9. The molecule has 2 spiro atoms. The van der Waals surface area contributed by atoms with Crippen LogP contribution in [-0.2, 0) is 44.7 Å². The lowest BCUT2D eigenvalue weighted by atomic mass is 9.70. The number of anilines is 6. The number of nitrogens with zero attached hydrogens (tertiary/aromatic N) is 2. The van der Waals surface area contributed by atoms with Crippen LogP contribution < -0.4 is 26.2 Å². The standard InChI is InChI=1S/C44H44N6O10/c1-56-36-16-14-33(15-17-36)46-32-8-12-35(13-9-32)48-50-38-41(54)59-44(60-42(38)55)24-20-29(21-25-44)28-18-22-43(23-19-28)57-39(52)37(40(53)58-43)49-47-34-10-6-31(7-11-34)45-30-4-2-27(26-51)3-5-30/h2-17,28-29,45-48,51H,18-26H2,1H3. The van der Waals surface area contributed by atoms with Crippen molar-refractivity contribution in [3.8, 4) is 5.75 Å². The number of ether oxygens (including phenoxy) is 5. The topological polar surface area (TPSA) is 207 Å². The van der Waals surface area contributed by atoms with E-state index in [2.05, 4.69) is 31.7 Å². The Morgan fingerprint density at radius 1 is 0.533 bits per heavy atom. The third-order valence-corrected chi connectivity index (χ3v) is 11.3. The molecule has 2 aliphatic carbocycles. The Labute approximate surface area is 345 Å². The minimum Gasteiger partial charge on any atom is -0.497 e. The van der Waals surface area contributed by atoms with Gasteiger partial charge in [-0.25, -0.2) is 19.2 Å². The van der Waals surface area contributed by atoms with Gasteiger partial charge in [0.1, 0.15) is 5.75 Å². The van der Waals surface area contributed by atoms with Gasteiger partial charge in [0, 0.05) is 48.4 Å². The van der Waals surface area contributed by atoms with Gasteiger partial charge in [-0.2, -0.15) is 10.2 Å². The van der Waals surface area contributed by atoms with Crippen LogP contribution in [0.5, 0.6) is 5.75 Å². The third kappa shape index (κ3) is 9.03. The number of benzene rings is 4. The molecule has 4 fully saturated rings. The van der Waals surface area contributed by atoms with E-state index in [9.17, 15) is 24.3 Å². The Morgan fingerprint density at radius 2 is 0.850 bits per heavy atom. The van der Waals surface area contributed by atoms with Gasteiger partial charge >= 0.3 is 23.9 Å². The van der Waals surface area contributed by atoms with Crippen molar-refractivity contribution in [3.63, 3.8) is 0 Å². The predicted octanol–water partition coefficient (Wildman–Crippen LogP) is 6.88. The molecule has 4 aromatic rings. The largest absolute Gasteiger partial charge is 0.497 e. The van der Waals surface area contributed by atoms with Crippen molar-refractivity contribution in [3.05, 3.63) is 103 Å². The van der Waals surface area contributed by atoms with Crippen molar-refractivity contribution >= 4 is 69.4 Å². The van der Waals surface area contributed by atoms with E-state index in [1.165, 1.54) is 0 Å². The van der Waals surface area contributed by atoms with Crippen LogP contribution in [0.3, 0.4) is 0 Å². The van der Waals surface area contributed by atoms with Crippen molar-refractivity contribution in [2.45, 2.75) is 69.5 Å². The highest BCUT2D eigenvalue weighted by molar-refractivity contribution is 6.63. The molecule has 0 atom stereocenters. The van der Waals surface area contributed by atoms with Crippen LogP contribution in [0.2, 0.25) is 0 Å². The molecule has 2 heterocycles. The number of hydrogen-bond acceptors (Lipinski definition) is 16. The third-order valence-electron chi connectivity index (χ3n) is 11.3. The smallest absolute Gasteiger partial charge is 0.369 e. The first-order valence-corrected chi connectivity index (χ1v) is 19.8. The lowest BCUT2D eigenvalue weighted by Gasteiger charge is -2.45. The van der Waals surface area contributed by atoms with Gasteiger partial charge < -0.3 is 39.4 Å². The second kappa shape index (κ2) is 17.1. The lowest BCUT2D eigenvalue weighted by Crippen LogP contribution is -2.54. The summed E-state index contributed by atoms with van der Waals surface area (Å²) >= 11 is 0. The van der Waals surface area contributed by atoms with Crippen LogP contribution in [0.15, 0.2) is 107 Å². The first-order valence-electron chi connectivity index (χ1n) is 19.8. The number of nitrogens with one attached hydrogen (secondary N) is 4. The minimum atomic E-state index is -1.35. The number of esters is 4. The Bertz CT molecular complexity index is 2070. The van der Waals surface area contributed by atoms with Crippen molar-refractivity contribution in [2.24, 2.45) is 22.0 Å². The van der Waals surface area contributed by atoms with Gasteiger partial charge in [-0.1, -0.05) is 12.1 Å². The van der Waals surface area contributed by atoms with Gasteiger partial charge in [0.15, 0.2) is 0 Å².